The normalized spacial score (nSPS) is 10.7. The Morgan fingerprint density at radius 3 is 2.95 bits per heavy atom. The lowest BCUT2D eigenvalue weighted by Gasteiger charge is -2.10. The first-order valence-electron chi connectivity index (χ1n) is 7.17. The van der Waals surface area contributed by atoms with Gasteiger partial charge in [-0.25, -0.2) is 9.97 Å². The summed E-state index contributed by atoms with van der Waals surface area (Å²) in [5, 5.41) is 5.87. The van der Waals surface area contributed by atoms with Crippen molar-refractivity contribution in [2.75, 3.05) is 32.5 Å². The summed E-state index contributed by atoms with van der Waals surface area (Å²) in [6.45, 7) is 2.08. The third-order valence-corrected chi connectivity index (χ3v) is 2.96. The van der Waals surface area contributed by atoms with Gasteiger partial charge < -0.3 is 20.0 Å². The van der Waals surface area contributed by atoms with Crippen molar-refractivity contribution in [3.63, 3.8) is 0 Å². The van der Waals surface area contributed by atoms with E-state index in [-0.39, 0.29) is 5.91 Å². The van der Waals surface area contributed by atoms with E-state index in [1.54, 1.807) is 30.7 Å². The van der Waals surface area contributed by atoms with E-state index in [1.807, 2.05) is 14.1 Å². The smallest absolute Gasteiger partial charge is 0.270 e. The molecule has 7 heteroatoms. The van der Waals surface area contributed by atoms with Crippen LogP contribution in [0.15, 0.2) is 35.1 Å². The largest absolute Gasteiger partial charge is 0.467 e. The predicted octanol–water partition coefficient (Wildman–Crippen LogP) is 1.36. The molecule has 0 unspecified atom stereocenters. The predicted molar refractivity (Wildman–Crippen MR) is 83.6 cm³/mol. The average Bonchev–Trinajstić information content (AvgIpc) is 3.03. The molecule has 0 fully saturated rings. The summed E-state index contributed by atoms with van der Waals surface area (Å²) >= 11 is 0. The number of aromatic nitrogens is 2. The van der Waals surface area contributed by atoms with Crippen LogP contribution in [0.4, 0.5) is 5.95 Å². The molecule has 0 saturated carbocycles. The van der Waals surface area contributed by atoms with Crippen molar-refractivity contribution in [3.05, 3.63) is 42.1 Å². The lowest BCUT2D eigenvalue weighted by atomic mass is 10.3. The zero-order valence-electron chi connectivity index (χ0n) is 12.9. The number of nitrogens with one attached hydrogen (secondary N) is 2. The molecule has 2 heterocycles. The van der Waals surface area contributed by atoms with Crippen LogP contribution >= 0.6 is 0 Å². The van der Waals surface area contributed by atoms with Gasteiger partial charge in [0.1, 0.15) is 11.5 Å². The number of hydrogen-bond acceptors (Lipinski definition) is 6. The number of hydrogen-bond donors (Lipinski definition) is 2. The Morgan fingerprint density at radius 1 is 1.36 bits per heavy atom. The minimum Gasteiger partial charge on any atom is -0.467 e. The molecule has 118 valence electrons. The first-order chi connectivity index (χ1) is 10.6. The summed E-state index contributed by atoms with van der Waals surface area (Å²) in [6, 6.07) is 5.17. The van der Waals surface area contributed by atoms with Crippen LogP contribution in [-0.2, 0) is 6.54 Å². The van der Waals surface area contributed by atoms with Gasteiger partial charge in [-0.3, -0.25) is 4.79 Å². The van der Waals surface area contributed by atoms with Crippen molar-refractivity contribution in [1.82, 2.24) is 20.2 Å². The maximum absolute atomic E-state index is 12.0. The second-order valence-electron chi connectivity index (χ2n) is 5.11. The molecule has 0 bridgehead atoms. The van der Waals surface area contributed by atoms with Crippen LogP contribution < -0.4 is 10.6 Å². The molecule has 22 heavy (non-hydrogen) atoms. The molecule has 0 radical (unpaired) electrons. The van der Waals surface area contributed by atoms with Crippen LogP contribution in [0.2, 0.25) is 0 Å². The first-order valence-corrected chi connectivity index (χ1v) is 7.17. The maximum Gasteiger partial charge on any atom is 0.270 e. The Balaban J connectivity index is 1.83. The van der Waals surface area contributed by atoms with Crippen molar-refractivity contribution in [3.8, 4) is 0 Å². The molecule has 0 aliphatic carbocycles. The standard InChI is InChI=1S/C15H21N5O2/c1-20(2)9-4-7-16-15-17-8-6-13(19-15)14(21)18-11-12-5-3-10-22-12/h3,5-6,8,10H,4,7,9,11H2,1-2H3,(H,18,21)(H,16,17,19). The van der Waals surface area contributed by atoms with E-state index in [1.165, 1.54) is 0 Å². The molecule has 2 rings (SSSR count). The Hall–Kier alpha value is -2.41. The zero-order valence-corrected chi connectivity index (χ0v) is 12.9. The highest BCUT2D eigenvalue weighted by Gasteiger charge is 2.09. The van der Waals surface area contributed by atoms with E-state index >= 15 is 0 Å². The summed E-state index contributed by atoms with van der Waals surface area (Å²) in [6.07, 6.45) is 4.12. The third-order valence-electron chi connectivity index (χ3n) is 2.96. The minimum atomic E-state index is -0.254. The molecule has 0 aromatic carbocycles. The highest BCUT2D eigenvalue weighted by Crippen LogP contribution is 2.03. The van der Waals surface area contributed by atoms with Crippen LogP contribution in [0.25, 0.3) is 0 Å². The van der Waals surface area contributed by atoms with Gasteiger partial charge in [-0.2, -0.15) is 0 Å². The Bertz CT molecular complexity index is 583. The van der Waals surface area contributed by atoms with E-state index in [9.17, 15) is 4.79 Å². The van der Waals surface area contributed by atoms with Crippen LogP contribution in [-0.4, -0.2) is 48.0 Å². The van der Waals surface area contributed by atoms with Gasteiger partial charge >= 0.3 is 0 Å². The number of anilines is 1. The SMILES string of the molecule is CN(C)CCCNc1nccc(C(=O)NCc2ccco2)n1. The number of nitrogens with zero attached hydrogens (tertiary/aromatic N) is 3. The average molecular weight is 303 g/mol. The Labute approximate surface area is 129 Å². The van der Waals surface area contributed by atoms with Crippen molar-refractivity contribution in [1.29, 1.82) is 0 Å². The lowest BCUT2D eigenvalue weighted by Crippen LogP contribution is -2.24. The van der Waals surface area contributed by atoms with Gasteiger partial charge in [0, 0.05) is 12.7 Å². The van der Waals surface area contributed by atoms with Gasteiger partial charge in [-0.15, -0.1) is 0 Å². The number of amides is 1. The quantitative estimate of drug-likeness (QED) is 0.717. The van der Waals surface area contributed by atoms with Gasteiger partial charge in [-0.05, 0) is 45.3 Å². The van der Waals surface area contributed by atoms with Crippen LogP contribution in [0, 0.1) is 0 Å². The summed E-state index contributed by atoms with van der Waals surface area (Å²) in [4.78, 5) is 22.5. The van der Waals surface area contributed by atoms with Crippen molar-refractivity contribution < 1.29 is 9.21 Å². The van der Waals surface area contributed by atoms with Crippen molar-refractivity contribution in [2.45, 2.75) is 13.0 Å². The van der Waals surface area contributed by atoms with Gasteiger partial charge in [0.2, 0.25) is 5.95 Å². The van der Waals surface area contributed by atoms with E-state index in [4.69, 9.17) is 4.42 Å². The molecular weight excluding hydrogens is 282 g/mol. The molecular formula is C15H21N5O2. The molecule has 0 saturated heterocycles. The summed E-state index contributed by atoms with van der Waals surface area (Å²) in [5.41, 5.74) is 0.330. The molecule has 2 aromatic rings. The molecule has 0 spiro atoms. The van der Waals surface area contributed by atoms with E-state index in [0.717, 1.165) is 19.5 Å². The summed E-state index contributed by atoms with van der Waals surface area (Å²) < 4.78 is 5.16. The number of carbonyl (C=O) groups excluding carboxylic acids is 1. The van der Waals surface area contributed by atoms with Crippen molar-refractivity contribution in [2.24, 2.45) is 0 Å². The fraction of sp³-hybridized carbons (Fsp3) is 0.400. The second kappa shape index (κ2) is 8.14. The molecule has 2 aromatic heterocycles. The van der Waals surface area contributed by atoms with Gasteiger partial charge in [-0.1, -0.05) is 0 Å². The lowest BCUT2D eigenvalue weighted by molar-refractivity contribution is 0.0943. The summed E-state index contributed by atoms with van der Waals surface area (Å²) in [5.74, 6) is 0.906. The molecule has 0 atom stereocenters. The molecule has 0 aliphatic heterocycles. The third kappa shape index (κ3) is 5.17. The van der Waals surface area contributed by atoms with Gasteiger partial charge in [0.25, 0.3) is 5.91 Å². The molecule has 0 aliphatic rings. The summed E-state index contributed by atoms with van der Waals surface area (Å²) in [7, 11) is 4.06. The van der Waals surface area contributed by atoms with E-state index in [2.05, 4.69) is 25.5 Å². The van der Waals surface area contributed by atoms with Gasteiger partial charge in [0.05, 0.1) is 12.8 Å². The van der Waals surface area contributed by atoms with Crippen LogP contribution in [0.5, 0.6) is 0 Å². The van der Waals surface area contributed by atoms with Crippen molar-refractivity contribution >= 4 is 11.9 Å². The minimum absolute atomic E-state index is 0.254. The number of furan rings is 1. The highest BCUT2D eigenvalue weighted by atomic mass is 16.3. The van der Waals surface area contributed by atoms with Crippen LogP contribution in [0.3, 0.4) is 0 Å². The first kappa shape index (κ1) is 16.0. The van der Waals surface area contributed by atoms with Crippen LogP contribution in [0.1, 0.15) is 22.7 Å². The fourth-order valence-electron chi connectivity index (χ4n) is 1.84. The Morgan fingerprint density at radius 2 is 2.23 bits per heavy atom. The zero-order chi connectivity index (χ0) is 15.8. The fourth-order valence-corrected chi connectivity index (χ4v) is 1.84. The molecule has 1 amide bonds. The second-order valence-corrected chi connectivity index (χ2v) is 5.11. The van der Waals surface area contributed by atoms with E-state index in [0.29, 0.717) is 23.9 Å². The maximum atomic E-state index is 12.0. The molecule has 2 N–H and O–H groups in total. The van der Waals surface area contributed by atoms with Gasteiger partial charge in [0.15, 0.2) is 0 Å². The monoisotopic (exact) mass is 303 g/mol. The van der Waals surface area contributed by atoms with E-state index < -0.39 is 0 Å². The number of rotatable bonds is 8. The molecule has 7 nitrogen and oxygen atoms in total. The topological polar surface area (TPSA) is 83.3 Å². The Kier molecular flexibility index (Phi) is 5.91. The number of carbonyl (C=O) groups is 1. The highest BCUT2D eigenvalue weighted by molar-refractivity contribution is 5.92.